The Morgan fingerprint density at radius 3 is 1.98 bits per heavy atom. The van der Waals surface area contributed by atoms with E-state index in [1.165, 1.54) is 29.5 Å². The summed E-state index contributed by atoms with van der Waals surface area (Å²) in [6.45, 7) is 3.60. The van der Waals surface area contributed by atoms with Crippen LogP contribution in [-0.2, 0) is 17.3 Å². The summed E-state index contributed by atoms with van der Waals surface area (Å²) in [6, 6.07) is 41.7. The van der Waals surface area contributed by atoms with Gasteiger partial charge in [-0.2, -0.15) is 0 Å². The number of piperidine rings is 1. The van der Waals surface area contributed by atoms with Crippen molar-refractivity contribution in [1.29, 1.82) is 0 Å². The number of benzene rings is 4. The van der Waals surface area contributed by atoms with Crippen molar-refractivity contribution in [2.24, 2.45) is 7.05 Å². The van der Waals surface area contributed by atoms with Crippen LogP contribution >= 0.6 is 0 Å². The quantitative estimate of drug-likeness (QED) is 0.165. The van der Waals surface area contributed by atoms with Crippen LogP contribution in [0.15, 0.2) is 121 Å². The van der Waals surface area contributed by atoms with Gasteiger partial charge in [0, 0.05) is 29.9 Å². The third-order valence-electron chi connectivity index (χ3n) is 9.77. The van der Waals surface area contributed by atoms with Crippen LogP contribution in [0.5, 0.6) is 0 Å². The summed E-state index contributed by atoms with van der Waals surface area (Å²) >= 11 is 0. The molecule has 6 heteroatoms. The molecule has 0 spiro atoms. The fourth-order valence-corrected chi connectivity index (χ4v) is 7.15. The van der Waals surface area contributed by atoms with Crippen LogP contribution < -0.4 is 10.6 Å². The van der Waals surface area contributed by atoms with Crippen LogP contribution in [0.25, 0.3) is 10.9 Å². The Balaban J connectivity index is 1.12. The first-order valence-electron chi connectivity index (χ1n) is 16.5. The summed E-state index contributed by atoms with van der Waals surface area (Å²) in [6.07, 6.45) is 4.27. The van der Waals surface area contributed by atoms with Crippen LogP contribution in [0.4, 0.5) is 0 Å². The van der Waals surface area contributed by atoms with Gasteiger partial charge in [0.05, 0.1) is 6.54 Å². The molecule has 2 N–H and O–H groups in total. The number of aryl methyl sites for hydroxylation is 1. The van der Waals surface area contributed by atoms with E-state index in [1.54, 1.807) is 0 Å². The maximum Gasteiger partial charge on any atom is 0.268 e. The lowest BCUT2D eigenvalue weighted by molar-refractivity contribution is -0.120. The number of nitrogens with one attached hydrogen (secondary N) is 2. The molecule has 0 saturated carbocycles. The van der Waals surface area contributed by atoms with E-state index >= 15 is 0 Å². The van der Waals surface area contributed by atoms with Crippen molar-refractivity contribution >= 4 is 22.7 Å². The van der Waals surface area contributed by atoms with Gasteiger partial charge in [-0.1, -0.05) is 109 Å². The lowest BCUT2D eigenvalue weighted by Gasteiger charge is -2.37. The van der Waals surface area contributed by atoms with Crippen molar-refractivity contribution < 1.29 is 9.59 Å². The second-order valence-electron chi connectivity index (χ2n) is 12.6. The van der Waals surface area contributed by atoms with Crippen LogP contribution in [0.3, 0.4) is 0 Å². The highest BCUT2D eigenvalue weighted by Gasteiger charge is 2.35. The van der Waals surface area contributed by atoms with Gasteiger partial charge in [0.2, 0.25) is 5.91 Å². The van der Waals surface area contributed by atoms with E-state index in [0.29, 0.717) is 18.2 Å². The van der Waals surface area contributed by atoms with Crippen molar-refractivity contribution in [2.75, 3.05) is 32.7 Å². The molecular formula is C40H44N4O2. The number of fused-ring (bicyclic) bond motifs is 1. The van der Waals surface area contributed by atoms with Crippen LogP contribution in [0.1, 0.15) is 58.8 Å². The van der Waals surface area contributed by atoms with E-state index in [1.807, 2.05) is 54.1 Å². The highest BCUT2D eigenvalue weighted by molar-refractivity contribution is 6.00. The van der Waals surface area contributed by atoms with Crippen LogP contribution in [-0.4, -0.2) is 54.0 Å². The molecule has 1 fully saturated rings. The third-order valence-corrected chi connectivity index (χ3v) is 9.77. The molecule has 0 bridgehead atoms. The second kappa shape index (κ2) is 14.6. The van der Waals surface area contributed by atoms with Gasteiger partial charge >= 0.3 is 0 Å². The topological polar surface area (TPSA) is 66.4 Å². The second-order valence-corrected chi connectivity index (χ2v) is 12.6. The molecule has 1 aromatic heterocycles. The molecule has 46 heavy (non-hydrogen) atoms. The van der Waals surface area contributed by atoms with E-state index in [4.69, 9.17) is 0 Å². The molecular weight excluding hydrogens is 568 g/mol. The summed E-state index contributed by atoms with van der Waals surface area (Å²) in [7, 11) is 1.87. The lowest BCUT2D eigenvalue weighted by Crippen LogP contribution is -2.45. The van der Waals surface area contributed by atoms with Crippen molar-refractivity contribution in [2.45, 2.75) is 37.0 Å². The largest absolute Gasteiger partial charge is 0.353 e. The van der Waals surface area contributed by atoms with Crippen LogP contribution in [0.2, 0.25) is 0 Å². The SMILES string of the molecule is Cn1c(C(=O)NCC(=O)NCC(CCCN2CCC(c3ccccc3)CC2)(c2ccccc2)c2ccccc2)cc2ccccc21. The van der Waals surface area contributed by atoms with E-state index in [9.17, 15) is 9.59 Å². The molecule has 2 heterocycles. The number of likely N-dealkylation sites (tertiary alicyclic amines) is 1. The Hall–Kier alpha value is -4.68. The van der Waals surface area contributed by atoms with E-state index in [-0.39, 0.29) is 18.4 Å². The van der Waals surface area contributed by atoms with Crippen molar-refractivity contribution in [3.05, 3.63) is 144 Å². The molecule has 0 unspecified atom stereocenters. The summed E-state index contributed by atoms with van der Waals surface area (Å²) in [5.74, 6) is 0.176. The average Bonchev–Trinajstić information content (AvgIpc) is 3.46. The minimum absolute atomic E-state index is 0.0869. The number of aromatic nitrogens is 1. The number of carbonyl (C=O) groups is 2. The summed E-state index contributed by atoms with van der Waals surface area (Å²) in [5, 5.41) is 7.04. The van der Waals surface area contributed by atoms with E-state index in [0.717, 1.165) is 43.4 Å². The number of rotatable bonds is 12. The van der Waals surface area contributed by atoms with Gasteiger partial charge in [0.1, 0.15) is 5.69 Å². The van der Waals surface area contributed by atoms with Crippen molar-refractivity contribution in [1.82, 2.24) is 20.1 Å². The fraction of sp³-hybridized carbons (Fsp3) is 0.300. The number of nitrogens with zero attached hydrogens (tertiary/aromatic N) is 2. The number of amides is 2. The first kappa shape index (κ1) is 31.3. The normalized spacial score (nSPS) is 14.3. The third kappa shape index (κ3) is 7.08. The molecule has 0 aliphatic carbocycles. The van der Waals surface area contributed by atoms with Gasteiger partial charge in [0.25, 0.3) is 5.91 Å². The first-order valence-corrected chi connectivity index (χ1v) is 16.5. The standard InChI is InChI=1S/C40H44N4O2/c1-43-36-21-12-11-16-33(36)28-37(43)39(46)41-29-38(45)42-30-40(34-17-7-3-8-18-34,35-19-9-4-10-20-35)24-13-25-44-26-22-32(23-27-44)31-14-5-2-6-15-31/h2-12,14-21,28,32H,13,22-27,29-30H2,1H3,(H,41,46)(H,42,45). The Labute approximate surface area is 272 Å². The maximum absolute atomic E-state index is 13.3. The fourth-order valence-electron chi connectivity index (χ4n) is 7.15. The van der Waals surface area contributed by atoms with Gasteiger partial charge in [-0.3, -0.25) is 9.59 Å². The van der Waals surface area contributed by atoms with E-state index in [2.05, 4.69) is 94.4 Å². The minimum Gasteiger partial charge on any atom is -0.353 e. The summed E-state index contributed by atoms with van der Waals surface area (Å²) in [4.78, 5) is 28.9. The number of hydrogen-bond donors (Lipinski definition) is 2. The Bertz CT molecular complexity index is 1690. The Morgan fingerprint density at radius 1 is 0.761 bits per heavy atom. The molecule has 5 aromatic rings. The Morgan fingerprint density at radius 2 is 1.35 bits per heavy atom. The maximum atomic E-state index is 13.3. The predicted octanol–water partition coefficient (Wildman–Crippen LogP) is 6.67. The van der Waals surface area contributed by atoms with Gasteiger partial charge < -0.3 is 20.1 Å². The molecule has 6 nitrogen and oxygen atoms in total. The summed E-state index contributed by atoms with van der Waals surface area (Å²) in [5.41, 5.74) is 4.93. The van der Waals surface area contributed by atoms with Gasteiger partial charge in [-0.05, 0) is 80.1 Å². The minimum atomic E-state index is -0.402. The molecule has 6 rings (SSSR count). The van der Waals surface area contributed by atoms with Gasteiger partial charge in [0.15, 0.2) is 0 Å². The van der Waals surface area contributed by atoms with Crippen LogP contribution in [0, 0.1) is 0 Å². The zero-order valence-corrected chi connectivity index (χ0v) is 26.7. The number of para-hydroxylation sites is 1. The molecule has 0 atom stereocenters. The molecule has 4 aromatic carbocycles. The van der Waals surface area contributed by atoms with E-state index < -0.39 is 5.41 Å². The first-order chi connectivity index (χ1) is 22.5. The smallest absolute Gasteiger partial charge is 0.268 e. The highest BCUT2D eigenvalue weighted by Crippen LogP contribution is 2.37. The summed E-state index contributed by atoms with van der Waals surface area (Å²) < 4.78 is 1.86. The van der Waals surface area contributed by atoms with Gasteiger partial charge in [-0.15, -0.1) is 0 Å². The molecule has 236 valence electrons. The monoisotopic (exact) mass is 612 g/mol. The Kier molecular flexibility index (Phi) is 9.94. The van der Waals surface area contributed by atoms with Crippen molar-refractivity contribution in [3.8, 4) is 0 Å². The average molecular weight is 613 g/mol. The molecule has 1 aliphatic heterocycles. The van der Waals surface area contributed by atoms with Gasteiger partial charge in [-0.25, -0.2) is 0 Å². The predicted molar refractivity (Wildman–Crippen MR) is 186 cm³/mol. The number of carbonyl (C=O) groups excluding carboxylic acids is 2. The zero-order chi connectivity index (χ0) is 31.8. The molecule has 2 amide bonds. The molecule has 0 radical (unpaired) electrons. The molecule has 1 saturated heterocycles. The zero-order valence-electron chi connectivity index (χ0n) is 26.7. The number of hydrogen-bond acceptors (Lipinski definition) is 3. The molecule has 1 aliphatic rings. The highest BCUT2D eigenvalue weighted by atomic mass is 16.2. The van der Waals surface area contributed by atoms with Crippen molar-refractivity contribution in [3.63, 3.8) is 0 Å². The lowest BCUT2D eigenvalue weighted by atomic mass is 9.71.